The highest BCUT2D eigenvalue weighted by Gasteiger charge is 2.25. The monoisotopic (exact) mass is 321 g/mol. The fourth-order valence-electron chi connectivity index (χ4n) is 2.69. The molecule has 1 aliphatic rings. The molecule has 1 amide bonds. The van der Waals surface area contributed by atoms with E-state index >= 15 is 0 Å². The van der Waals surface area contributed by atoms with Crippen molar-refractivity contribution in [2.75, 3.05) is 7.11 Å². The van der Waals surface area contributed by atoms with Crippen LogP contribution in [-0.2, 0) is 33.7 Å². The third-order valence-electron chi connectivity index (χ3n) is 4.01. The zero-order chi connectivity index (χ0) is 17.0. The van der Waals surface area contributed by atoms with Crippen molar-refractivity contribution in [1.29, 1.82) is 0 Å². The average molecular weight is 321 g/mol. The topological polar surface area (TPSA) is 90.3 Å². The molecule has 1 heterocycles. The highest BCUT2D eigenvalue weighted by Crippen LogP contribution is 2.16. The summed E-state index contributed by atoms with van der Waals surface area (Å²) < 4.78 is 5.85. The summed E-state index contributed by atoms with van der Waals surface area (Å²) in [4.78, 5) is 35.9. The number of esters is 1. The van der Waals surface area contributed by atoms with E-state index in [4.69, 9.17) is 0 Å². The van der Waals surface area contributed by atoms with E-state index in [0.29, 0.717) is 0 Å². The van der Waals surface area contributed by atoms with Gasteiger partial charge in [0.25, 0.3) is 5.56 Å². The Morgan fingerprint density at radius 2 is 2.04 bits per heavy atom. The molecular weight excluding hydrogens is 298 g/mol. The zero-order valence-corrected chi connectivity index (χ0v) is 13.8. The predicted molar refractivity (Wildman–Crippen MR) is 83.9 cm³/mol. The van der Waals surface area contributed by atoms with Crippen LogP contribution in [0.25, 0.3) is 0 Å². The molecule has 0 unspecified atom stereocenters. The molecule has 7 nitrogen and oxygen atoms in total. The van der Waals surface area contributed by atoms with Gasteiger partial charge in [0.1, 0.15) is 12.6 Å². The molecule has 0 spiro atoms. The summed E-state index contributed by atoms with van der Waals surface area (Å²) in [6, 6.07) is 0.829. The maximum atomic E-state index is 12.1. The van der Waals surface area contributed by atoms with E-state index in [9.17, 15) is 14.4 Å². The first-order valence-corrected chi connectivity index (χ1v) is 7.89. The van der Waals surface area contributed by atoms with Gasteiger partial charge in [-0.2, -0.15) is 5.10 Å². The minimum atomic E-state index is -0.735. The summed E-state index contributed by atoms with van der Waals surface area (Å²) in [5.41, 5.74) is 1.57. The first kappa shape index (κ1) is 17.2. The van der Waals surface area contributed by atoms with Gasteiger partial charge in [0.15, 0.2) is 0 Å². The van der Waals surface area contributed by atoms with Crippen LogP contribution in [0.3, 0.4) is 0 Å². The quantitative estimate of drug-likeness (QED) is 0.795. The standard InChI is InChI=1S/C16H23N3O4/c1-10(2)15(16(22)23-3)17-13(20)9-19-14(21)8-11-6-4-5-7-12(11)18-19/h8,10,15H,4-7,9H2,1-3H3,(H,17,20)/t15-/m1/s1. The number of nitrogens with zero attached hydrogens (tertiary/aromatic N) is 2. The van der Waals surface area contributed by atoms with Gasteiger partial charge >= 0.3 is 5.97 Å². The molecule has 0 aliphatic heterocycles. The van der Waals surface area contributed by atoms with Crippen molar-refractivity contribution in [1.82, 2.24) is 15.1 Å². The molecule has 1 aromatic rings. The maximum Gasteiger partial charge on any atom is 0.328 e. The second kappa shape index (κ2) is 7.39. The van der Waals surface area contributed by atoms with Gasteiger partial charge in [-0.15, -0.1) is 0 Å². The molecule has 0 saturated carbocycles. The molecule has 2 rings (SSSR count). The lowest BCUT2D eigenvalue weighted by molar-refractivity contribution is -0.146. The number of aromatic nitrogens is 2. The number of carbonyl (C=O) groups excluding carboxylic acids is 2. The van der Waals surface area contributed by atoms with Gasteiger partial charge < -0.3 is 10.1 Å². The first-order valence-electron chi connectivity index (χ1n) is 7.89. The van der Waals surface area contributed by atoms with Crippen molar-refractivity contribution < 1.29 is 14.3 Å². The van der Waals surface area contributed by atoms with Crippen LogP contribution < -0.4 is 10.9 Å². The molecule has 1 aromatic heterocycles. The maximum absolute atomic E-state index is 12.1. The van der Waals surface area contributed by atoms with Crippen LogP contribution in [-0.4, -0.2) is 34.8 Å². The Hall–Kier alpha value is -2.18. The summed E-state index contributed by atoms with van der Waals surface area (Å²) in [6.45, 7) is 3.42. The van der Waals surface area contributed by atoms with E-state index in [1.807, 2.05) is 13.8 Å². The molecule has 7 heteroatoms. The minimum Gasteiger partial charge on any atom is -0.467 e. The minimum absolute atomic E-state index is 0.111. The van der Waals surface area contributed by atoms with Crippen molar-refractivity contribution in [3.8, 4) is 0 Å². The van der Waals surface area contributed by atoms with Gasteiger partial charge in [-0.1, -0.05) is 13.8 Å². The second-order valence-corrected chi connectivity index (χ2v) is 6.13. The molecule has 1 aliphatic carbocycles. The van der Waals surface area contributed by atoms with Crippen molar-refractivity contribution >= 4 is 11.9 Å². The lowest BCUT2D eigenvalue weighted by atomic mass is 9.97. The molecule has 1 N–H and O–H groups in total. The lowest BCUT2D eigenvalue weighted by Crippen LogP contribution is -2.47. The summed E-state index contributed by atoms with van der Waals surface area (Å²) in [6.07, 6.45) is 3.80. The normalized spacial score (nSPS) is 15.0. The molecule has 0 saturated heterocycles. The average Bonchev–Trinajstić information content (AvgIpc) is 2.52. The zero-order valence-electron chi connectivity index (χ0n) is 13.8. The molecule has 0 radical (unpaired) electrons. The molecule has 0 fully saturated rings. The summed E-state index contributed by atoms with van der Waals surface area (Å²) in [5, 5.41) is 6.91. The number of hydrogen-bond acceptors (Lipinski definition) is 5. The Bertz CT molecular complexity index is 651. The van der Waals surface area contributed by atoms with E-state index < -0.39 is 17.9 Å². The van der Waals surface area contributed by atoms with Gasteiger partial charge in [-0.05, 0) is 37.2 Å². The number of fused-ring (bicyclic) bond motifs is 1. The van der Waals surface area contributed by atoms with Crippen LogP contribution in [0.1, 0.15) is 37.9 Å². The summed E-state index contributed by atoms with van der Waals surface area (Å²) in [5.74, 6) is -1.04. The van der Waals surface area contributed by atoms with Crippen LogP contribution in [0, 0.1) is 5.92 Å². The fourth-order valence-corrected chi connectivity index (χ4v) is 2.69. The Kier molecular flexibility index (Phi) is 5.52. The number of rotatable bonds is 5. The second-order valence-electron chi connectivity index (χ2n) is 6.13. The highest BCUT2D eigenvalue weighted by molar-refractivity contribution is 5.84. The first-order chi connectivity index (χ1) is 10.9. The number of methoxy groups -OCH3 is 1. The Morgan fingerprint density at radius 1 is 1.35 bits per heavy atom. The van der Waals surface area contributed by atoms with Gasteiger partial charge in [-0.3, -0.25) is 9.59 Å². The fraction of sp³-hybridized carbons (Fsp3) is 0.625. The van der Waals surface area contributed by atoms with Crippen molar-refractivity contribution in [3.63, 3.8) is 0 Å². The SMILES string of the molecule is COC(=O)[C@H](NC(=O)Cn1nc2c(cc1=O)CCCC2)C(C)C. The van der Waals surface area contributed by atoms with Crippen LogP contribution in [0.15, 0.2) is 10.9 Å². The van der Waals surface area contributed by atoms with Crippen LogP contribution in [0.2, 0.25) is 0 Å². The third kappa shape index (κ3) is 4.18. The van der Waals surface area contributed by atoms with Gasteiger partial charge in [0, 0.05) is 6.07 Å². The van der Waals surface area contributed by atoms with E-state index in [0.717, 1.165) is 41.6 Å². The number of hydrogen-bond donors (Lipinski definition) is 1. The number of nitrogens with one attached hydrogen (secondary N) is 1. The molecule has 1 atom stereocenters. The smallest absolute Gasteiger partial charge is 0.328 e. The third-order valence-corrected chi connectivity index (χ3v) is 4.01. The van der Waals surface area contributed by atoms with Crippen molar-refractivity contribution in [2.45, 2.75) is 52.1 Å². The lowest BCUT2D eigenvalue weighted by Gasteiger charge is -2.20. The van der Waals surface area contributed by atoms with E-state index in [1.54, 1.807) is 6.07 Å². The van der Waals surface area contributed by atoms with Crippen LogP contribution >= 0.6 is 0 Å². The number of carbonyl (C=O) groups is 2. The Morgan fingerprint density at radius 3 is 2.70 bits per heavy atom. The number of ether oxygens (including phenoxy) is 1. The van der Waals surface area contributed by atoms with Crippen molar-refractivity contribution in [2.24, 2.45) is 5.92 Å². The largest absolute Gasteiger partial charge is 0.467 e. The summed E-state index contributed by atoms with van der Waals surface area (Å²) >= 11 is 0. The Balaban J connectivity index is 2.11. The van der Waals surface area contributed by atoms with Gasteiger partial charge in [0.05, 0.1) is 12.8 Å². The molecule has 23 heavy (non-hydrogen) atoms. The molecule has 126 valence electrons. The van der Waals surface area contributed by atoms with Crippen LogP contribution in [0.4, 0.5) is 0 Å². The van der Waals surface area contributed by atoms with E-state index in [-0.39, 0.29) is 18.0 Å². The number of aryl methyl sites for hydroxylation is 2. The van der Waals surface area contributed by atoms with Gasteiger partial charge in [0.2, 0.25) is 5.91 Å². The van der Waals surface area contributed by atoms with Crippen molar-refractivity contribution in [3.05, 3.63) is 27.7 Å². The molecule has 0 aromatic carbocycles. The Labute approximate surface area is 135 Å². The van der Waals surface area contributed by atoms with E-state index in [2.05, 4.69) is 15.2 Å². The van der Waals surface area contributed by atoms with E-state index in [1.165, 1.54) is 7.11 Å². The van der Waals surface area contributed by atoms with Crippen LogP contribution in [0.5, 0.6) is 0 Å². The summed E-state index contributed by atoms with van der Waals surface area (Å²) in [7, 11) is 1.28. The highest BCUT2D eigenvalue weighted by atomic mass is 16.5. The van der Waals surface area contributed by atoms with Gasteiger partial charge in [-0.25, -0.2) is 9.48 Å². The predicted octanol–water partition coefficient (Wildman–Crippen LogP) is 0.436. The number of amides is 1. The molecular formula is C16H23N3O4. The molecule has 0 bridgehead atoms.